The zero-order valence-electron chi connectivity index (χ0n) is 13.5. The van der Waals surface area contributed by atoms with Crippen LogP contribution in [0, 0.1) is 20.2 Å². The van der Waals surface area contributed by atoms with Crippen LogP contribution in [0.3, 0.4) is 0 Å². The summed E-state index contributed by atoms with van der Waals surface area (Å²) in [4.78, 5) is 45.8. The molecule has 1 rings (SSSR count). The number of nitrogens with zero attached hydrogens (tertiary/aromatic N) is 3. The summed E-state index contributed by atoms with van der Waals surface area (Å²) in [5.74, 6) is -1.11. The van der Waals surface area contributed by atoms with Crippen molar-refractivity contribution < 1.29 is 19.4 Å². The highest BCUT2D eigenvalue weighted by Gasteiger charge is 2.24. The monoisotopic (exact) mass is 338 g/mol. The number of hydrogen-bond donors (Lipinski definition) is 1. The van der Waals surface area contributed by atoms with E-state index in [9.17, 15) is 29.8 Å². The molecule has 0 aromatic heterocycles. The summed E-state index contributed by atoms with van der Waals surface area (Å²) >= 11 is 0. The fourth-order valence-corrected chi connectivity index (χ4v) is 2.09. The third kappa shape index (κ3) is 4.48. The zero-order valence-corrected chi connectivity index (χ0v) is 13.5. The minimum Gasteiger partial charge on any atom is -0.341 e. The van der Waals surface area contributed by atoms with Crippen LogP contribution in [0.25, 0.3) is 0 Å². The molecule has 1 atom stereocenters. The second-order valence-electron chi connectivity index (χ2n) is 4.96. The summed E-state index contributed by atoms with van der Waals surface area (Å²) in [6, 6.07) is 1.76. The highest BCUT2D eigenvalue weighted by molar-refractivity contribution is 5.98. The van der Waals surface area contributed by atoms with Crippen LogP contribution in [0.4, 0.5) is 11.4 Å². The molecule has 0 aliphatic heterocycles. The Hall–Kier alpha value is -3.04. The van der Waals surface area contributed by atoms with E-state index in [4.69, 9.17) is 0 Å². The van der Waals surface area contributed by atoms with E-state index in [-0.39, 0.29) is 11.5 Å². The van der Waals surface area contributed by atoms with Gasteiger partial charge in [-0.15, -0.1) is 0 Å². The fourth-order valence-electron chi connectivity index (χ4n) is 2.09. The third-order valence-electron chi connectivity index (χ3n) is 3.38. The second kappa shape index (κ2) is 7.99. The molecule has 2 amide bonds. The average molecular weight is 338 g/mol. The van der Waals surface area contributed by atoms with E-state index < -0.39 is 33.2 Å². The summed E-state index contributed by atoms with van der Waals surface area (Å²) in [7, 11) is 0. The van der Waals surface area contributed by atoms with Crippen molar-refractivity contribution >= 4 is 23.2 Å². The zero-order chi connectivity index (χ0) is 18.4. The Morgan fingerprint density at radius 1 is 1.08 bits per heavy atom. The largest absolute Gasteiger partial charge is 0.341 e. The quantitative estimate of drug-likeness (QED) is 0.591. The van der Waals surface area contributed by atoms with Crippen molar-refractivity contribution in [1.29, 1.82) is 0 Å². The molecule has 0 unspecified atom stereocenters. The van der Waals surface area contributed by atoms with Gasteiger partial charge < -0.3 is 10.2 Å². The number of non-ortho nitro benzene ring substituents is 2. The standard InChI is InChI=1S/C14H18N4O6/c1-4-16(5-2)14(20)9(3)15-13(19)10-6-11(17(21)22)8-12(7-10)18(23)24/h6-9H,4-5H2,1-3H3,(H,15,19)/t9-/m0/s1. The smallest absolute Gasteiger partial charge is 0.277 e. The molecule has 24 heavy (non-hydrogen) atoms. The Bertz CT molecular complexity index is 639. The topological polar surface area (TPSA) is 136 Å². The number of nitro benzene ring substituents is 2. The molecule has 0 bridgehead atoms. The van der Waals surface area contributed by atoms with Gasteiger partial charge in [-0.05, 0) is 20.8 Å². The van der Waals surface area contributed by atoms with Crippen molar-refractivity contribution in [2.45, 2.75) is 26.8 Å². The SMILES string of the molecule is CCN(CC)C(=O)[C@H](C)NC(=O)c1cc([N+](=O)[O-])cc([N+](=O)[O-])c1. The third-order valence-corrected chi connectivity index (χ3v) is 3.38. The maximum atomic E-state index is 12.2. The molecule has 1 aromatic carbocycles. The van der Waals surface area contributed by atoms with Gasteiger partial charge >= 0.3 is 0 Å². The van der Waals surface area contributed by atoms with Crippen LogP contribution in [-0.4, -0.2) is 45.7 Å². The van der Waals surface area contributed by atoms with Gasteiger partial charge in [-0.25, -0.2) is 0 Å². The van der Waals surface area contributed by atoms with Crippen molar-refractivity contribution in [3.8, 4) is 0 Å². The van der Waals surface area contributed by atoms with E-state index in [0.29, 0.717) is 13.1 Å². The average Bonchev–Trinajstić information content (AvgIpc) is 2.55. The summed E-state index contributed by atoms with van der Waals surface area (Å²) in [5.41, 5.74) is -1.40. The molecule has 0 aliphatic carbocycles. The first-order valence-corrected chi connectivity index (χ1v) is 7.24. The predicted octanol–water partition coefficient (Wildman–Crippen LogP) is 1.49. The summed E-state index contributed by atoms with van der Waals surface area (Å²) in [6.07, 6.45) is 0. The molecule has 0 saturated heterocycles. The molecule has 1 aromatic rings. The van der Waals surface area contributed by atoms with Crippen LogP contribution in [0.1, 0.15) is 31.1 Å². The second-order valence-corrected chi connectivity index (χ2v) is 4.96. The number of carbonyl (C=O) groups excluding carboxylic acids is 2. The van der Waals surface area contributed by atoms with Gasteiger partial charge in [0.2, 0.25) is 5.91 Å². The number of hydrogen-bond acceptors (Lipinski definition) is 6. The Labute approximate surface area is 137 Å². The number of nitro groups is 2. The van der Waals surface area contributed by atoms with Crippen molar-refractivity contribution in [2.24, 2.45) is 0 Å². The maximum Gasteiger partial charge on any atom is 0.277 e. The van der Waals surface area contributed by atoms with E-state index in [2.05, 4.69) is 5.32 Å². The number of likely N-dealkylation sites (N-methyl/N-ethyl adjacent to an activating group) is 1. The summed E-state index contributed by atoms with van der Waals surface area (Å²) < 4.78 is 0. The van der Waals surface area contributed by atoms with Crippen molar-refractivity contribution in [3.63, 3.8) is 0 Å². The van der Waals surface area contributed by atoms with Crippen molar-refractivity contribution in [1.82, 2.24) is 10.2 Å². The lowest BCUT2D eigenvalue weighted by atomic mass is 10.1. The number of amides is 2. The van der Waals surface area contributed by atoms with Crippen LogP contribution in [0.15, 0.2) is 18.2 Å². The highest BCUT2D eigenvalue weighted by atomic mass is 16.6. The number of rotatable bonds is 7. The van der Waals surface area contributed by atoms with E-state index >= 15 is 0 Å². The lowest BCUT2D eigenvalue weighted by molar-refractivity contribution is -0.394. The first kappa shape index (κ1) is 19.0. The van der Waals surface area contributed by atoms with E-state index in [1.54, 1.807) is 13.8 Å². The van der Waals surface area contributed by atoms with Gasteiger partial charge in [-0.3, -0.25) is 29.8 Å². The molecule has 0 fully saturated rings. The lowest BCUT2D eigenvalue weighted by Gasteiger charge is -2.23. The molecule has 0 radical (unpaired) electrons. The van der Waals surface area contributed by atoms with Gasteiger partial charge in [0, 0.05) is 25.2 Å². The van der Waals surface area contributed by atoms with Crippen molar-refractivity contribution in [3.05, 3.63) is 44.0 Å². The van der Waals surface area contributed by atoms with Gasteiger partial charge in [-0.2, -0.15) is 0 Å². The Kier molecular flexibility index (Phi) is 6.33. The Morgan fingerprint density at radius 3 is 1.92 bits per heavy atom. The summed E-state index contributed by atoms with van der Waals surface area (Å²) in [5, 5.41) is 24.1. The van der Waals surface area contributed by atoms with Crippen LogP contribution in [0.5, 0.6) is 0 Å². The van der Waals surface area contributed by atoms with Crippen LogP contribution in [0.2, 0.25) is 0 Å². The predicted molar refractivity (Wildman–Crippen MR) is 84.6 cm³/mol. The number of nitrogens with one attached hydrogen (secondary N) is 1. The van der Waals surface area contributed by atoms with Gasteiger partial charge in [0.15, 0.2) is 0 Å². The molecule has 0 spiro atoms. The van der Waals surface area contributed by atoms with E-state index in [0.717, 1.165) is 18.2 Å². The molecule has 130 valence electrons. The lowest BCUT2D eigenvalue weighted by Crippen LogP contribution is -2.46. The van der Waals surface area contributed by atoms with E-state index in [1.165, 1.54) is 11.8 Å². The van der Waals surface area contributed by atoms with Gasteiger partial charge in [-0.1, -0.05) is 0 Å². The first-order chi connectivity index (χ1) is 11.2. The van der Waals surface area contributed by atoms with Gasteiger partial charge in [0.05, 0.1) is 21.5 Å². The molecule has 0 aliphatic rings. The maximum absolute atomic E-state index is 12.2. The molecule has 10 heteroatoms. The molecule has 0 saturated carbocycles. The molecule has 10 nitrogen and oxygen atoms in total. The minimum absolute atomic E-state index is 0.255. The normalized spacial score (nSPS) is 11.5. The number of benzene rings is 1. The van der Waals surface area contributed by atoms with E-state index in [1.807, 2.05) is 0 Å². The fraction of sp³-hybridized carbons (Fsp3) is 0.429. The minimum atomic E-state index is -0.865. The molecule has 1 N–H and O–H groups in total. The van der Waals surface area contributed by atoms with Crippen LogP contribution < -0.4 is 5.32 Å². The van der Waals surface area contributed by atoms with Gasteiger partial charge in [0.1, 0.15) is 6.04 Å². The molecule has 0 heterocycles. The van der Waals surface area contributed by atoms with Crippen molar-refractivity contribution in [2.75, 3.05) is 13.1 Å². The highest BCUT2D eigenvalue weighted by Crippen LogP contribution is 2.22. The Morgan fingerprint density at radius 2 is 1.54 bits per heavy atom. The summed E-state index contributed by atoms with van der Waals surface area (Å²) in [6.45, 7) is 6.00. The molecular formula is C14H18N4O6. The Balaban J connectivity index is 3.04. The first-order valence-electron chi connectivity index (χ1n) is 7.24. The van der Waals surface area contributed by atoms with Crippen LogP contribution in [-0.2, 0) is 4.79 Å². The molecular weight excluding hydrogens is 320 g/mol. The van der Waals surface area contributed by atoms with Crippen LogP contribution >= 0.6 is 0 Å². The number of carbonyl (C=O) groups is 2. The van der Waals surface area contributed by atoms with Gasteiger partial charge in [0.25, 0.3) is 17.3 Å².